The highest BCUT2D eigenvalue weighted by molar-refractivity contribution is 6.24. The van der Waals surface area contributed by atoms with Crippen LogP contribution in [0.25, 0.3) is 0 Å². The third-order valence-electron chi connectivity index (χ3n) is 4.59. The van der Waals surface area contributed by atoms with Crippen molar-refractivity contribution in [2.75, 3.05) is 0 Å². The maximum atomic E-state index is 13.3. The summed E-state index contributed by atoms with van der Waals surface area (Å²) in [6.07, 6.45) is 6.64. The van der Waals surface area contributed by atoms with E-state index < -0.39 is 0 Å². The van der Waals surface area contributed by atoms with E-state index in [-0.39, 0.29) is 16.1 Å². The van der Waals surface area contributed by atoms with Crippen molar-refractivity contribution >= 4 is 11.6 Å². The Morgan fingerprint density at radius 3 is 2.19 bits per heavy atom. The molecule has 3 aliphatic rings. The maximum Gasteiger partial charge on any atom is 0.123 e. The summed E-state index contributed by atoms with van der Waals surface area (Å²) < 4.78 is 13.3. The standard InChI is InChI=1S/C14H16ClF/c15-14-7-4-13(5-8-14,6-9-14)11-2-1-3-12(16)10-11/h1-3,10H,4-9H2. The lowest BCUT2D eigenvalue weighted by Gasteiger charge is -2.51. The molecule has 2 bridgehead atoms. The zero-order chi connectivity index (χ0) is 11.2. The van der Waals surface area contributed by atoms with Crippen LogP contribution in [-0.4, -0.2) is 4.87 Å². The van der Waals surface area contributed by atoms with Crippen LogP contribution in [0.1, 0.15) is 44.1 Å². The summed E-state index contributed by atoms with van der Waals surface area (Å²) in [5.74, 6) is -0.111. The van der Waals surface area contributed by atoms with Gasteiger partial charge in [0.2, 0.25) is 0 Å². The first-order valence-electron chi connectivity index (χ1n) is 6.07. The van der Waals surface area contributed by atoms with E-state index in [1.165, 1.54) is 11.6 Å². The fourth-order valence-corrected chi connectivity index (χ4v) is 3.67. The summed E-state index contributed by atoms with van der Waals surface area (Å²) in [5, 5.41) is 0. The Morgan fingerprint density at radius 2 is 1.62 bits per heavy atom. The molecule has 3 fully saturated rings. The van der Waals surface area contributed by atoms with Crippen LogP contribution in [0.15, 0.2) is 24.3 Å². The van der Waals surface area contributed by atoms with E-state index in [1.807, 2.05) is 6.07 Å². The van der Waals surface area contributed by atoms with Gasteiger partial charge < -0.3 is 0 Å². The molecular formula is C14H16ClF. The molecule has 4 rings (SSSR count). The molecule has 0 amide bonds. The quantitative estimate of drug-likeness (QED) is 0.636. The molecular weight excluding hydrogens is 223 g/mol. The highest BCUT2D eigenvalue weighted by atomic mass is 35.5. The normalized spacial score (nSPS) is 37.6. The van der Waals surface area contributed by atoms with Gasteiger partial charge in [-0.1, -0.05) is 12.1 Å². The third-order valence-corrected chi connectivity index (χ3v) is 5.16. The lowest BCUT2D eigenvalue weighted by atomic mass is 9.57. The van der Waals surface area contributed by atoms with Gasteiger partial charge in [0.1, 0.15) is 5.82 Å². The summed E-state index contributed by atoms with van der Waals surface area (Å²) >= 11 is 6.50. The molecule has 0 spiro atoms. The average molecular weight is 239 g/mol. The molecule has 0 atom stereocenters. The molecule has 2 heteroatoms. The Kier molecular flexibility index (Phi) is 2.29. The highest BCUT2D eigenvalue weighted by Crippen LogP contribution is 2.56. The van der Waals surface area contributed by atoms with Gasteiger partial charge in [-0.05, 0) is 61.6 Å². The largest absolute Gasteiger partial charge is 0.207 e. The van der Waals surface area contributed by atoms with E-state index >= 15 is 0 Å². The van der Waals surface area contributed by atoms with Gasteiger partial charge in [0.25, 0.3) is 0 Å². The number of alkyl halides is 1. The Hall–Kier alpha value is -0.560. The zero-order valence-corrected chi connectivity index (χ0v) is 10.1. The summed E-state index contributed by atoms with van der Waals surface area (Å²) in [5.41, 5.74) is 1.41. The fourth-order valence-electron chi connectivity index (χ4n) is 3.39. The van der Waals surface area contributed by atoms with Crippen LogP contribution in [0.4, 0.5) is 4.39 Å². The molecule has 0 saturated heterocycles. The fraction of sp³-hybridized carbons (Fsp3) is 0.571. The SMILES string of the molecule is Fc1cccc(C23CCC(Cl)(CC2)CC3)c1. The Labute approximate surface area is 101 Å². The minimum atomic E-state index is -0.111. The van der Waals surface area contributed by atoms with Crippen molar-refractivity contribution in [3.8, 4) is 0 Å². The van der Waals surface area contributed by atoms with E-state index in [0.29, 0.717) is 0 Å². The van der Waals surface area contributed by atoms with Crippen LogP contribution in [0.3, 0.4) is 0 Å². The van der Waals surface area contributed by atoms with E-state index in [4.69, 9.17) is 11.6 Å². The molecule has 0 heterocycles. The van der Waals surface area contributed by atoms with Crippen molar-refractivity contribution in [2.45, 2.75) is 48.8 Å². The van der Waals surface area contributed by atoms with Gasteiger partial charge in [-0.3, -0.25) is 0 Å². The van der Waals surface area contributed by atoms with Crippen molar-refractivity contribution in [1.82, 2.24) is 0 Å². The monoisotopic (exact) mass is 238 g/mol. The number of benzene rings is 1. The molecule has 0 aromatic heterocycles. The highest BCUT2D eigenvalue weighted by Gasteiger charge is 2.48. The minimum absolute atomic E-state index is 0.0646. The molecule has 16 heavy (non-hydrogen) atoms. The third kappa shape index (κ3) is 1.57. The Bertz CT molecular complexity index is 388. The summed E-state index contributed by atoms with van der Waals surface area (Å²) in [4.78, 5) is 0.0646. The van der Waals surface area contributed by atoms with E-state index in [2.05, 4.69) is 6.07 Å². The Morgan fingerprint density at radius 1 is 1.00 bits per heavy atom. The topological polar surface area (TPSA) is 0 Å². The average Bonchev–Trinajstić information content (AvgIpc) is 2.30. The minimum Gasteiger partial charge on any atom is -0.207 e. The van der Waals surface area contributed by atoms with Gasteiger partial charge in [0.05, 0.1) is 0 Å². The zero-order valence-electron chi connectivity index (χ0n) is 9.31. The van der Waals surface area contributed by atoms with Gasteiger partial charge in [-0.15, -0.1) is 11.6 Å². The molecule has 0 aliphatic heterocycles. The van der Waals surface area contributed by atoms with Gasteiger partial charge in [-0.2, -0.15) is 0 Å². The van der Waals surface area contributed by atoms with Gasteiger partial charge >= 0.3 is 0 Å². The second-order valence-electron chi connectivity index (χ2n) is 5.44. The first kappa shape index (κ1) is 10.6. The van der Waals surface area contributed by atoms with Crippen molar-refractivity contribution in [2.24, 2.45) is 0 Å². The number of fused-ring (bicyclic) bond motifs is 3. The lowest BCUT2D eigenvalue weighted by Crippen LogP contribution is -2.45. The predicted octanol–water partition coefficient (Wildman–Crippen LogP) is 4.41. The van der Waals surface area contributed by atoms with Crippen molar-refractivity contribution in [3.05, 3.63) is 35.6 Å². The van der Waals surface area contributed by atoms with Crippen LogP contribution in [-0.2, 0) is 5.41 Å². The number of hydrogen-bond donors (Lipinski definition) is 0. The second kappa shape index (κ2) is 3.46. The van der Waals surface area contributed by atoms with Gasteiger partial charge in [-0.25, -0.2) is 4.39 Å². The summed E-state index contributed by atoms with van der Waals surface area (Å²) in [6.45, 7) is 0. The van der Waals surface area contributed by atoms with E-state index in [0.717, 1.165) is 38.5 Å². The molecule has 86 valence electrons. The number of rotatable bonds is 1. The van der Waals surface area contributed by atoms with Gasteiger partial charge in [0, 0.05) is 4.87 Å². The second-order valence-corrected chi connectivity index (χ2v) is 6.24. The van der Waals surface area contributed by atoms with Crippen molar-refractivity contribution in [3.63, 3.8) is 0 Å². The summed E-state index contributed by atoms with van der Waals surface area (Å²) in [6, 6.07) is 7.15. The van der Waals surface area contributed by atoms with Gasteiger partial charge in [0.15, 0.2) is 0 Å². The van der Waals surface area contributed by atoms with Crippen LogP contribution in [0.5, 0.6) is 0 Å². The van der Waals surface area contributed by atoms with Crippen molar-refractivity contribution < 1.29 is 4.39 Å². The maximum absolute atomic E-state index is 13.3. The molecule has 0 radical (unpaired) electrons. The molecule has 0 nitrogen and oxygen atoms in total. The number of hydrogen-bond acceptors (Lipinski definition) is 0. The van der Waals surface area contributed by atoms with Crippen LogP contribution in [0.2, 0.25) is 0 Å². The molecule has 0 N–H and O–H groups in total. The van der Waals surface area contributed by atoms with Crippen molar-refractivity contribution in [1.29, 1.82) is 0 Å². The summed E-state index contributed by atoms with van der Waals surface area (Å²) in [7, 11) is 0. The smallest absolute Gasteiger partial charge is 0.123 e. The van der Waals surface area contributed by atoms with Crippen LogP contribution in [0, 0.1) is 5.82 Å². The molecule has 1 aromatic carbocycles. The van der Waals surface area contributed by atoms with Crippen LogP contribution >= 0.6 is 11.6 Å². The van der Waals surface area contributed by atoms with E-state index in [1.54, 1.807) is 6.07 Å². The Balaban J connectivity index is 1.95. The van der Waals surface area contributed by atoms with Crippen LogP contribution < -0.4 is 0 Å². The molecule has 3 saturated carbocycles. The molecule has 0 unspecified atom stereocenters. The van der Waals surface area contributed by atoms with E-state index in [9.17, 15) is 4.39 Å². The first-order valence-corrected chi connectivity index (χ1v) is 6.45. The molecule has 3 aliphatic carbocycles. The lowest BCUT2D eigenvalue weighted by molar-refractivity contribution is 0.154. The predicted molar refractivity (Wildman–Crippen MR) is 64.4 cm³/mol. The number of halogens is 2. The molecule has 1 aromatic rings. The first-order chi connectivity index (χ1) is 7.62.